The summed E-state index contributed by atoms with van der Waals surface area (Å²) in [4.78, 5) is 9.87. The van der Waals surface area contributed by atoms with Crippen molar-refractivity contribution in [2.24, 2.45) is 0 Å². The number of unbranched alkanes of at least 4 members (excludes halogenated alkanes) is 2. The van der Waals surface area contributed by atoms with E-state index in [1.807, 2.05) is 6.08 Å². The lowest BCUT2D eigenvalue weighted by molar-refractivity contribution is -0.137. The molecule has 0 unspecified atom stereocenters. The number of carboxylic acids is 1. The van der Waals surface area contributed by atoms with Gasteiger partial charge in [-0.25, -0.2) is 0 Å². The highest BCUT2D eigenvalue weighted by atomic mass is 16.4. The number of aliphatic carboxylic acids is 1. The predicted octanol–water partition coefficient (Wildman–Crippen LogP) is 2.99. The second-order valence-electron chi connectivity index (χ2n) is 3.24. The molecule has 0 aromatic rings. The number of carbonyl (C=O) groups is 1. The molecule has 0 aromatic heterocycles. The number of rotatable bonds is 7. The molecule has 0 spiro atoms. The molecule has 2 N–H and O–H groups in total. The fourth-order valence-electron chi connectivity index (χ4n) is 0.885. The van der Waals surface area contributed by atoms with Crippen molar-refractivity contribution >= 4 is 5.97 Å². The topological polar surface area (TPSA) is 57.5 Å². The van der Waals surface area contributed by atoms with Gasteiger partial charge in [0, 0.05) is 13.0 Å². The van der Waals surface area contributed by atoms with Gasteiger partial charge in [0.15, 0.2) is 0 Å². The molecular weight excluding hydrogens is 192 g/mol. The first kappa shape index (κ1) is 16.6. The molecule has 0 aromatic carbocycles. The Morgan fingerprint density at radius 1 is 1.20 bits per heavy atom. The Labute approximate surface area is 92.8 Å². The number of aliphatic hydroxyl groups excluding tert-OH is 1. The number of allylic oxidation sites excluding steroid dienone is 1. The Balaban J connectivity index is 0. The molecule has 0 amide bonds. The molecule has 0 rings (SSSR count). The van der Waals surface area contributed by atoms with Gasteiger partial charge in [0.25, 0.3) is 0 Å². The lowest BCUT2D eigenvalue weighted by Gasteiger charge is -1.89. The van der Waals surface area contributed by atoms with E-state index in [2.05, 4.69) is 19.9 Å². The van der Waals surface area contributed by atoms with Gasteiger partial charge in [-0.15, -0.1) is 0 Å². The van der Waals surface area contributed by atoms with Crippen molar-refractivity contribution in [3.8, 4) is 0 Å². The first-order valence-electron chi connectivity index (χ1n) is 5.66. The minimum absolute atomic E-state index is 0.274. The van der Waals surface area contributed by atoms with Crippen molar-refractivity contribution in [2.45, 2.75) is 52.4 Å². The Bertz CT molecular complexity index is 153. The molecule has 3 heteroatoms. The van der Waals surface area contributed by atoms with E-state index < -0.39 is 5.97 Å². The monoisotopic (exact) mass is 216 g/mol. The molecular formula is C12H24O3. The summed E-state index contributed by atoms with van der Waals surface area (Å²) in [5.41, 5.74) is 0. The quantitative estimate of drug-likeness (QED) is 0.508. The SMILES string of the molecule is CC/C=C\CCO.CCCCCC(=O)O. The zero-order chi connectivity index (χ0) is 11.9. The minimum atomic E-state index is -0.682. The normalized spacial score (nSPS) is 9.80. The second kappa shape index (κ2) is 15.6. The van der Waals surface area contributed by atoms with Crippen LogP contribution in [0.5, 0.6) is 0 Å². The Morgan fingerprint density at radius 3 is 2.27 bits per heavy atom. The maximum absolute atomic E-state index is 9.87. The first-order chi connectivity index (χ1) is 7.18. The number of carboxylic acid groups (broad SMARTS) is 1. The van der Waals surface area contributed by atoms with Crippen molar-refractivity contribution in [3.63, 3.8) is 0 Å². The Kier molecular flexibility index (Phi) is 17.3. The van der Waals surface area contributed by atoms with Gasteiger partial charge < -0.3 is 10.2 Å². The molecule has 0 bridgehead atoms. The fourth-order valence-corrected chi connectivity index (χ4v) is 0.885. The van der Waals surface area contributed by atoms with Gasteiger partial charge in [-0.2, -0.15) is 0 Å². The van der Waals surface area contributed by atoms with Gasteiger partial charge in [0.1, 0.15) is 0 Å². The van der Waals surface area contributed by atoms with Gasteiger partial charge in [0.05, 0.1) is 0 Å². The third-order valence-corrected chi connectivity index (χ3v) is 1.69. The van der Waals surface area contributed by atoms with Crippen LogP contribution in [0.3, 0.4) is 0 Å². The second-order valence-corrected chi connectivity index (χ2v) is 3.24. The zero-order valence-electron chi connectivity index (χ0n) is 9.91. The van der Waals surface area contributed by atoms with Crippen molar-refractivity contribution < 1.29 is 15.0 Å². The highest BCUT2D eigenvalue weighted by Crippen LogP contribution is 1.97. The number of hydrogen-bond acceptors (Lipinski definition) is 2. The molecule has 15 heavy (non-hydrogen) atoms. The number of hydrogen-bond donors (Lipinski definition) is 2. The van der Waals surface area contributed by atoms with E-state index in [9.17, 15) is 4.79 Å². The lowest BCUT2D eigenvalue weighted by Crippen LogP contribution is -1.92. The third kappa shape index (κ3) is 24.6. The first-order valence-corrected chi connectivity index (χ1v) is 5.66. The van der Waals surface area contributed by atoms with Crippen LogP contribution in [0.25, 0.3) is 0 Å². The summed E-state index contributed by atoms with van der Waals surface area (Å²) in [6, 6.07) is 0. The fraction of sp³-hybridized carbons (Fsp3) is 0.750. The largest absolute Gasteiger partial charge is 0.481 e. The molecule has 0 aliphatic rings. The van der Waals surface area contributed by atoms with E-state index >= 15 is 0 Å². The molecule has 0 atom stereocenters. The van der Waals surface area contributed by atoms with Crippen molar-refractivity contribution in [1.82, 2.24) is 0 Å². The van der Waals surface area contributed by atoms with Crippen LogP contribution in [0.4, 0.5) is 0 Å². The van der Waals surface area contributed by atoms with Crippen molar-refractivity contribution in [3.05, 3.63) is 12.2 Å². The van der Waals surface area contributed by atoms with Crippen molar-refractivity contribution in [1.29, 1.82) is 0 Å². The van der Waals surface area contributed by atoms with E-state index in [1.165, 1.54) is 0 Å². The molecule has 0 heterocycles. The molecule has 0 saturated heterocycles. The molecule has 0 aliphatic carbocycles. The van der Waals surface area contributed by atoms with Gasteiger partial charge in [0.2, 0.25) is 0 Å². The molecule has 0 aliphatic heterocycles. The molecule has 90 valence electrons. The van der Waals surface area contributed by atoms with E-state index in [-0.39, 0.29) is 6.61 Å². The molecule has 3 nitrogen and oxygen atoms in total. The summed E-state index contributed by atoms with van der Waals surface area (Å²) >= 11 is 0. The lowest BCUT2D eigenvalue weighted by atomic mass is 10.2. The maximum Gasteiger partial charge on any atom is 0.303 e. The Hall–Kier alpha value is -0.830. The van der Waals surface area contributed by atoms with E-state index in [0.717, 1.165) is 32.1 Å². The van der Waals surface area contributed by atoms with Crippen molar-refractivity contribution in [2.75, 3.05) is 6.61 Å². The smallest absolute Gasteiger partial charge is 0.303 e. The molecule has 0 fully saturated rings. The molecule has 0 radical (unpaired) electrons. The van der Waals surface area contributed by atoms with Crippen LogP contribution in [0.2, 0.25) is 0 Å². The van der Waals surface area contributed by atoms with Gasteiger partial charge >= 0.3 is 5.97 Å². The van der Waals surface area contributed by atoms with Crippen LogP contribution >= 0.6 is 0 Å². The summed E-state index contributed by atoms with van der Waals surface area (Å²) in [6.45, 7) is 4.41. The number of aliphatic hydroxyl groups is 1. The summed E-state index contributed by atoms with van der Waals surface area (Å²) in [7, 11) is 0. The molecule has 0 saturated carbocycles. The highest BCUT2D eigenvalue weighted by molar-refractivity contribution is 5.66. The van der Waals surface area contributed by atoms with Crippen LogP contribution in [0, 0.1) is 0 Å². The standard InChI is InChI=1S/C6H12O2.C6H12O/c1-2-3-4-5-6(7)8;1-2-3-4-5-6-7/h2-5H2,1H3,(H,7,8);3-4,7H,2,5-6H2,1H3/b;4-3-. The third-order valence-electron chi connectivity index (χ3n) is 1.69. The van der Waals surface area contributed by atoms with E-state index in [0.29, 0.717) is 6.42 Å². The summed E-state index contributed by atoms with van der Waals surface area (Å²) < 4.78 is 0. The van der Waals surface area contributed by atoms with Crippen LogP contribution in [-0.4, -0.2) is 22.8 Å². The van der Waals surface area contributed by atoms with E-state index in [4.69, 9.17) is 10.2 Å². The average Bonchev–Trinajstić information content (AvgIpc) is 2.20. The Morgan fingerprint density at radius 2 is 1.87 bits per heavy atom. The van der Waals surface area contributed by atoms with E-state index in [1.54, 1.807) is 0 Å². The summed E-state index contributed by atoms with van der Waals surface area (Å²) in [5.74, 6) is -0.682. The van der Waals surface area contributed by atoms with Crippen LogP contribution < -0.4 is 0 Å². The summed E-state index contributed by atoms with van der Waals surface area (Å²) in [6.07, 6.45) is 9.18. The van der Waals surface area contributed by atoms with Crippen LogP contribution in [0.15, 0.2) is 12.2 Å². The average molecular weight is 216 g/mol. The van der Waals surface area contributed by atoms with Gasteiger partial charge in [-0.1, -0.05) is 38.8 Å². The van der Waals surface area contributed by atoms with Crippen LogP contribution in [-0.2, 0) is 4.79 Å². The minimum Gasteiger partial charge on any atom is -0.481 e. The van der Waals surface area contributed by atoms with Gasteiger partial charge in [-0.3, -0.25) is 4.79 Å². The zero-order valence-corrected chi connectivity index (χ0v) is 9.91. The highest BCUT2D eigenvalue weighted by Gasteiger charge is 1.92. The van der Waals surface area contributed by atoms with Crippen LogP contribution in [0.1, 0.15) is 52.4 Å². The predicted molar refractivity (Wildman–Crippen MR) is 62.9 cm³/mol. The maximum atomic E-state index is 9.87. The summed E-state index contributed by atoms with van der Waals surface area (Å²) in [5, 5.41) is 16.4. The van der Waals surface area contributed by atoms with Gasteiger partial charge in [-0.05, 0) is 19.3 Å².